The van der Waals surface area contributed by atoms with E-state index in [1.807, 2.05) is 6.92 Å². The predicted molar refractivity (Wildman–Crippen MR) is 56.6 cm³/mol. The minimum Gasteiger partial charge on any atom is -0.423 e. The molecule has 1 N–H and O–H groups in total. The molecule has 1 heterocycles. The van der Waals surface area contributed by atoms with E-state index in [1.54, 1.807) is 7.11 Å². The van der Waals surface area contributed by atoms with E-state index in [0.29, 0.717) is 24.8 Å². The molecule has 0 saturated heterocycles. The maximum atomic E-state index is 5.48. The minimum absolute atomic E-state index is 0.119. The third kappa shape index (κ3) is 3.97. The van der Waals surface area contributed by atoms with Crippen molar-refractivity contribution < 1.29 is 9.15 Å². The van der Waals surface area contributed by atoms with Crippen LogP contribution < -0.4 is 5.32 Å². The monoisotopic (exact) mass is 213 g/mol. The largest absolute Gasteiger partial charge is 0.423 e. The fourth-order valence-electron chi connectivity index (χ4n) is 1.18. The molecule has 86 valence electrons. The lowest BCUT2D eigenvalue weighted by Gasteiger charge is -2.07. The van der Waals surface area contributed by atoms with Crippen LogP contribution in [0, 0.1) is 0 Å². The molecule has 1 rings (SSSR count). The Bertz CT molecular complexity index is 275. The Hall–Kier alpha value is -0.940. The SMILES string of the molecule is CCCNC(C)c1nnc(CCOC)o1. The maximum Gasteiger partial charge on any atom is 0.233 e. The van der Waals surface area contributed by atoms with E-state index in [0.717, 1.165) is 13.0 Å². The predicted octanol–water partition coefficient (Wildman–Crippen LogP) is 1.32. The maximum absolute atomic E-state index is 5.48. The molecule has 0 fully saturated rings. The zero-order valence-electron chi connectivity index (χ0n) is 9.62. The Labute approximate surface area is 90.2 Å². The van der Waals surface area contributed by atoms with Gasteiger partial charge in [-0.3, -0.25) is 0 Å². The normalized spacial score (nSPS) is 13.0. The molecule has 1 atom stereocenters. The van der Waals surface area contributed by atoms with Crippen LogP contribution in [0.5, 0.6) is 0 Å². The van der Waals surface area contributed by atoms with E-state index in [1.165, 1.54) is 0 Å². The van der Waals surface area contributed by atoms with E-state index < -0.39 is 0 Å². The van der Waals surface area contributed by atoms with Crippen molar-refractivity contribution in [3.05, 3.63) is 11.8 Å². The molecule has 0 saturated carbocycles. The zero-order valence-corrected chi connectivity index (χ0v) is 9.62. The van der Waals surface area contributed by atoms with Crippen LogP contribution in [0.1, 0.15) is 38.1 Å². The molecule has 1 aromatic heterocycles. The molecule has 1 aromatic rings. The lowest BCUT2D eigenvalue weighted by Crippen LogP contribution is -2.19. The van der Waals surface area contributed by atoms with Crippen molar-refractivity contribution in [1.82, 2.24) is 15.5 Å². The standard InChI is InChI=1S/C10H19N3O2/c1-4-6-11-8(2)10-13-12-9(15-10)5-7-14-3/h8,11H,4-7H2,1-3H3. The van der Waals surface area contributed by atoms with Crippen LogP contribution >= 0.6 is 0 Å². The van der Waals surface area contributed by atoms with Crippen molar-refractivity contribution in [1.29, 1.82) is 0 Å². The van der Waals surface area contributed by atoms with Gasteiger partial charge in [0, 0.05) is 13.5 Å². The van der Waals surface area contributed by atoms with Gasteiger partial charge in [0.1, 0.15) is 0 Å². The van der Waals surface area contributed by atoms with E-state index in [4.69, 9.17) is 9.15 Å². The van der Waals surface area contributed by atoms with Crippen molar-refractivity contribution in [2.75, 3.05) is 20.3 Å². The van der Waals surface area contributed by atoms with Gasteiger partial charge in [0.25, 0.3) is 0 Å². The van der Waals surface area contributed by atoms with Crippen LogP contribution in [0.4, 0.5) is 0 Å². The van der Waals surface area contributed by atoms with Gasteiger partial charge >= 0.3 is 0 Å². The van der Waals surface area contributed by atoms with Crippen molar-refractivity contribution in [2.45, 2.75) is 32.7 Å². The highest BCUT2D eigenvalue weighted by molar-refractivity contribution is 4.88. The fraction of sp³-hybridized carbons (Fsp3) is 0.800. The van der Waals surface area contributed by atoms with Crippen molar-refractivity contribution >= 4 is 0 Å². The summed E-state index contributed by atoms with van der Waals surface area (Å²) in [6, 6.07) is 0.119. The number of methoxy groups -OCH3 is 1. The molecule has 1 unspecified atom stereocenters. The number of aromatic nitrogens is 2. The van der Waals surface area contributed by atoms with Crippen LogP contribution in [-0.2, 0) is 11.2 Å². The number of nitrogens with zero attached hydrogens (tertiary/aromatic N) is 2. The second-order valence-electron chi connectivity index (χ2n) is 3.45. The minimum atomic E-state index is 0.119. The molecule has 0 aliphatic carbocycles. The summed E-state index contributed by atoms with van der Waals surface area (Å²) in [5.74, 6) is 1.28. The summed E-state index contributed by atoms with van der Waals surface area (Å²) in [6.45, 7) is 5.70. The van der Waals surface area contributed by atoms with Gasteiger partial charge in [0.05, 0.1) is 12.6 Å². The van der Waals surface area contributed by atoms with Crippen LogP contribution in [0.3, 0.4) is 0 Å². The van der Waals surface area contributed by atoms with Gasteiger partial charge in [-0.2, -0.15) is 0 Å². The topological polar surface area (TPSA) is 60.2 Å². The Kier molecular flexibility index (Phi) is 5.28. The van der Waals surface area contributed by atoms with Crippen LogP contribution in [0.15, 0.2) is 4.42 Å². The molecule has 0 aliphatic heterocycles. The quantitative estimate of drug-likeness (QED) is 0.740. The highest BCUT2D eigenvalue weighted by Crippen LogP contribution is 2.10. The molecule has 0 radical (unpaired) electrons. The molecule has 0 bridgehead atoms. The fourth-order valence-corrected chi connectivity index (χ4v) is 1.18. The summed E-state index contributed by atoms with van der Waals surface area (Å²) in [5, 5.41) is 11.2. The van der Waals surface area contributed by atoms with Gasteiger partial charge in [-0.25, -0.2) is 0 Å². The highest BCUT2D eigenvalue weighted by Gasteiger charge is 2.12. The summed E-state index contributed by atoms with van der Waals surface area (Å²) in [7, 11) is 1.66. The second kappa shape index (κ2) is 6.53. The number of nitrogens with one attached hydrogen (secondary N) is 1. The summed E-state index contributed by atoms with van der Waals surface area (Å²) in [5.41, 5.74) is 0. The number of rotatable bonds is 7. The highest BCUT2D eigenvalue weighted by atomic mass is 16.5. The molecule has 5 nitrogen and oxygen atoms in total. The molecule has 0 aliphatic rings. The van der Waals surface area contributed by atoms with Crippen LogP contribution in [-0.4, -0.2) is 30.5 Å². The Morgan fingerprint density at radius 3 is 2.93 bits per heavy atom. The van der Waals surface area contributed by atoms with E-state index in [-0.39, 0.29) is 6.04 Å². The van der Waals surface area contributed by atoms with Crippen molar-refractivity contribution in [3.8, 4) is 0 Å². The number of ether oxygens (including phenoxy) is 1. The summed E-state index contributed by atoms with van der Waals surface area (Å²) in [4.78, 5) is 0. The Balaban J connectivity index is 2.43. The smallest absolute Gasteiger partial charge is 0.233 e. The molecule has 0 amide bonds. The second-order valence-corrected chi connectivity index (χ2v) is 3.45. The first-order valence-electron chi connectivity index (χ1n) is 5.32. The van der Waals surface area contributed by atoms with E-state index in [9.17, 15) is 0 Å². The van der Waals surface area contributed by atoms with Gasteiger partial charge in [-0.15, -0.1) is 10.2 Å². The molecule has 15 heavy (non-hydrogen) atoms. The zero-order chi connectivity index (χ0) is 11.1. The third-order valence-corrected chi connectivity index (χ3v) is 2.07. The number of hydrogen-bond acceptors (Lipinski definition) is 5. The molecule has 5 heteroatoms. The first-order valence-corrected chi connectivity index (χ1v) is 5.32. The van der Waals surface area contributed by atoms with Crippen molar-refractivity contribution in [2.24, 2.45) is 0 Å². The summed E-state index contributed by atoms with van der Waals surface area (Å²) in [6.07, 6.45) is 1.76. The first kappa shape index (κ1) is 12.1. The van der Waals surface area contributed by atoms with Gasteiger partial charge < -0.3 is 14.5 Å². The van der Waals surface area contributed by atoms with Gasteiger partial charge in [-0.05, 0) is 19.9 Å². The molecule has 0 aromatic carbocycles. The molecule has 0 spiro atoms. The average molecular weight is 213 g/mol. The van der Waals surface area contributed by atoms with Crippen LogP contribution in [0.25, 0.3) is 0 Å². The Morgan fingerprint density at radius 1 is 1.47 bits per heavy atom. The third-order valence-electron chi connectivity index (χ3n) is 2.07. The lowest BCUT2D eigenvalue weighted by atomic mass is 10.3. The molecular formula is C10H19N3O2. The number of hydrogen-bond donors (Lipinski definition) is 1. The van der Waals surface area contributed by atoms with Crippen molar-refractivity contribution in [3.63, 3.8) is 0 Å². The summed E-state index contributed by atoms with van der Waals surface area (Å²) < 4.78 is 10.4. The van der Waals surface area contributed by atoms with Crippen LogP contribution in [0.2, 0.25) is 0 Å². The van der Waals surface area contributed by atoms with E-state index in [2.05, 4.69) is 22.4 Å². The summed E-state index contributed by atoms with van der Waals surface area (Å²) >= 11 is 0. The van der Waals surface area contributed by atoms with E-state index >= 15 is 0 Å². The lowest BCUT2D eigenvalue weighted by molar-refractivity contribution is 0.194. The van der Waals surface area contributed by atoms with Gasteiger partial charge in [0.2, 0.25) is 11.8 Å². The van der Waals surface area contributed by atoms with Gasteiger partial charge in [0.15, 0.2) is 0 Å². The average Bonchev–Trinajstić information content (AvgIpc) is 2.71. The Morgan fingerprint density at radius 2 is 2.27 bits per heavy atom. The molecular weight excluding hydrogens is 194 g/mol. The van der Waals surface area contributed by atoms with Gasteiger partial charge in [-0.1, -0.05) is 6.92 Å². The first-order chi connectivity index (χ1) is 7.27.